The zero-order valence-corrected chi connectivity index (χ0v) is 10.1. The van der Waals surface area contributed by atoms with E-state index < -0.39 is 0 Å². The van der Waals surface area contributed by atoms with Crippen molar-refractivity contribution in [1.29, 1.82) is 0 Å². The number of hydrogen-bond acceptors (Lipinski definition) is 2. The molecule has 0 aromatic rings. The molecule has 2 atom stereocenters. The number of rotatable bonds is 3. The molecule has 3 heteroatoms. The van der Waals surface area contributed by atoms with E-state index in [1.807, 2.05) is 13.8 Å². The number of likely N-dealkylation sites (tertiary alicyclic amines) is 1. The third-order valence-corrected chi connectivity index (χ3v) is 3.31. The summed E-state index contributed by atoms with van der Waals surface area (Å²) in [5, 5.41) is 0. The van der Waals surface area contributed by atoms with Crippen molar-refractivity contribution in [2.75, 3.05) is 6.54 Å². The Morgan fingerprint density at radius 2 is 2.00 bits per heavy atom. The predicted octanol–water partition coefficient (Wildman–Crippen LogP) is 1.86. The highest BCUT2D eigenvalue weighted by molar-refractivity contribution is 5.90. The molecule has 1 aliphatic rings. The van der Waals surface area contributed by atoms with Gasteiger partial charge in [0.05, 0.1) is 6.04 Å². The van der Waals surface area contributed by atoms with Gasteiger partial charge in [0.25, 0.3) is 0 Å². The Morgan fingerprint density at radius 3 is 2.40 bits per heavy atom. The Balaban J connectivity index is 2.86. The summed E-state index contributed by atoms with van der Waals surface area (Å²) in [5.74, 6) is 0.632. The molecule has 0 radical (unpaired) electrons. The quantitative estimate of drug-likeness (QED) is 0.714. The molecule has 1 fully saturated rings. The molecule has 1 unspecified atom stereocenters. The van der Waals surface area contributed by atoms with Gasteiger partial charge >= 0.3 is 0 Å². The van der Waals surface area contributed by atoms with E-state index in [4.69, 9.17) is 0 Å². The number of carbonyl (C=O) groups is 2. The number of nitrogens with zero attached hydrogens (tertiary/aromatic N) is 1. The SMILES string of the molecule is CC[C@@H]1CCN(C(C)=O)C1C(=O)C(C)C. The molecule has 15 heavy (non-hydrogen) atoms. The maximum absolute atomic E-state index is 12.0. The maximum Gasteiger partial charge on any atom is 0.220 e. The predicted molar refractivity (Wildman–Crippen MR) is 59.4 cm³/mol. The fraction of sp³-hybridized carbons (Fsp3) is 0.833. The fourth-order valence-electron chi connectivity index (χ4n) is 2.36. The number of carbonyl (C=O) groups excluding carboxylic acids is 2. The molecule has 0 bridgehead atoms. The second kappa shape index (κ2) is 4.77. The van der Waals surface area contributed by atoms with Crippen LogP contribution < -0.4 is 0 Å². The number of hydrogen-bond donors (Lipinski definition) is 0. The van der Waals surface area contributed by atoms with E-state index in [-0.39, 0.29) is 23.7 Å². The van der Waals surface area contributed by atoms with Crippen molar-refractivity contribution < 1.29 is 9.59 Å². The van der Waals surface area contributed by atoms with Crippen LogP contribution in [0.25, 0.3) is 0 Å². The minimum Gasteiger partial charge on any atom is -0.333 e. The van der Waals surface area contributed by atoms with Crippen LogP contribution in [0.4, 0.5) is 0 Å². The van der Waals surface area contributed by atoms with Gasteiger partial charge in [-0.15, -0.1) is 0 Å². The van der Waals surface area contributed by atoms with Gasteiger partial charge < -0.3 is 4.90 Å². The molecule has 0 aromatic carbocycles. The molecular weight excluding hydrogens is 190 g/mol. The molecule has 0 aliphatic carbocycles. The minimum atomic E-state index is -0.160. The molecule has 0 N–H and O–H groups in total. The van der Waals surface area contributed by atoms with Crippen LogP contribution >= 0.6 is 0 Å². The molecule has 1 aliphatic heterocycles. The van der Waals surface area contributed by atoms with Gasteiger partial charge in [-0.05, 0) is 12.3 Å². The molecule has 0 saturated carbocycles. The van der Waals surface area contributed by atoms with Crippen molar-refractivity contribution >= 4 is 11.7 Å². The van der Waals surface area contributed by atoms with Crippen LogP contribution in [0.5, 0.6) is 0 Å². The maximum atomic E-state index is 12.0. The van der Waals surface area contributed by atoms with Crippen molar-refractivity contribution in [2.45, 2.75) is 46.6 Å². The average Bonchev–Trinajstić information content (AvgIpc) is 2.59. The van der Waals surface area contributed by atoms with E-state index in [0.29, 0.717) is 5.92 Å². The van der Waals surface area contributed by atoms with Crippen LogP contribution in [-0.4, -0.2) is 29.2 Å². The van der Waals surface area contributed by atoms with E-state index in [1.165, 1.54) is 0 Å². The van der Waals surface area contributed by atoms with Crippen LogP contribution in [0.2, 0.25) is 0 Å². The number of Topliss-reactive ketones (excluding diaryl/α,β-unsaturated/α-hetero) is 1. The lowest BCUT2D eigenvalue weighted by atomic mass is 9.89. The fourth-order valence-corrected chi connectivity index (χ4v) is 2.36. The van der Waals surface area contributed by atoms with E-state index in [0.717, 1.165) is 19.4 Å². The second-order valence-electron chi connectivity index (χ2n) is 4.67. The summed E-state index contributed by atoms with van der Waals surface area (Å²) in [6.07, 6.45) is 1.95. The molecule has 0 aromatic heterocycles. The van der Waals surface area contributed by atoms with E-state index in [2.05, 4.69) is 6.92 Å². The lowest BCUT2D eigenvalue weighted by Crippen LogP contribution is -2.44. The molecule has 0 spiro atoms. The van der Waals surface area contributed by atoms with Gasteiger partial charge in [0.15, 0.2) is 5.78 Å². The molecule has 1 heterocycles. The van der Waals surface area contributed by atoms with Gasteiger partial charge in [-0.1, -0.05) is 27.2 Å². The molecule has 1 saturated heterocycles. The number of amides is 1. The lowest BCUT2D eigenvalue weighted by Gasteiger charge is -2.27. The first-order valence-electron chi connectivity index (χ1n) is 5.80. The van der Waals surface area contributed by atoms with Gasteiger partial charge in [-0.25, -0.2) is 0 Å². The number of ketones is 1. The van der Waals surface area contributed by atoms with Crippen molar-refractivity contribution in [1.82, 2.24) is 4.90 Å². The normalized spacial score (nSPS) is 26.1. The summed E-state index contributed by atoms with van der Waals surface area (Å²) in [6, 6.07) is -0.160. The van der Waals surface area contributed by atoms with Gasteiger partial charge in [0.1, 0.15) is 0 Å². The van der Waals surface area contributed by atoms with Crippen LogP contribution in [0, 0.1) is 11.8 Å². The van der Waals surface area contributed by atoms with Crippen LogP contribution in [-0.2, 0) is 9.59 Å². The first kappa shape index (κ1) is 12.2. The topological polar surface area (TPSA) is 37.4 Å². The summed E-state index contributed by atoms with van der Waals surface area (Å²) >= 11 is 0. The van der Waals surface area contributed by atoms with Gasteiger partial charge in [0, 0.05) is 19.4 Å². The largest absolute Gasteiger partial charge is 0.333 e. The average molecular weight is 211 g/mol. The highest BCUT2D eigenvalue weighted by Gasteiger charge is 2.39. The summed E-state index contributed by atoms with van der Waals surface area (Å²) in [4.78, 5) is 25.2. The summed E-state index contributed by atoms with van der Waals surface area (Å²) in [6.45, 7) is 8.21. The van der Waals surface area contributed by atoms with E-state index >= 15 is 0 Å². The Labute approximate surface area is 91.8 Å². The third kappa shape index (κ3) is 2.39. The molecular formula is C12H21NO2. The Hall–Kier alpha value is -0.860. The summed E-state index contributed by atoms with van der Waals surface area (Å²) in [7, 11) is 0. The summed E-state index contributed by atoms with van der Waals surface area (Å²) < 4.78 is 0. The third-order valence-electron chi connectivity index (χ3n) is 3.31. The first-order valence-corrected chi connectivity index (χ1v) is 5.80. The Morgan fingerprint density at radius 1 is 1.40 bits per heavy atom. The van der Waals surface area contributed by atoms with Gasteiger partial charge in [-0.3, -0.25) is 9.59 Å². The monoisotopic (exact) mass is 211 g/mol. The second-order valence-corrected chi connectivity index (χ2v) is 4.67. The molecule has 3 nitrogen and oxygen atoms in total. The van der Waals surface area contributed by atoms with Gasteiger partial charge in [-0.2, -0.15) is 0 Å². The highest BCUT2D eigenvalue weighted by Crippen LogP contribution is 2.29. The van der Waals surface area contributed by atoms with E-state index in [9.17, 15) is 9.59 Å². The van der Waals surface area contributed by atoms with Crippen molar-refractivity contribution in [3.8, 4) is 0 Å². The van der Waals surface area contributed by atoms with Crippen molar-refractivity contribution in [2.24, 2.45) is 11.8 Å². The minimum absolute atomic E-state index is 0.0176. The van der Waals surface area contributed by atoms with E-state index in [1.54, 1.807) is 11.8 Å². The van der Waals surface area contributed by atoms with Crippen LogP contribution in [0.15, 0.2) is 0 Å². The van der Waals surface area contributed by atoms with Crippen LogP contribution in [0.1, 0.15) is 40.5 Å². The zero-order chi connectivity index (χ0) is 11.6. The molecule has 1 amide bonds. The zero-order valence-electron chi connectivity index (χ0n) is 10.1. The van der Waals surface area contributed by atoms with Crippen LogP contribution in [0.3, 0.4) is 0 Å². The van der Waals surface area contributed by atoms with Crippen molar-refractivity contribution in [3.63, 3.8) is 0 Å². The smallest absolute Gasteiger partial charge is 0.220 e. The van der Waals surface area contributed by atoms with Gasteiger partial charge in [0.2, 0.25) is 5.91 Å². The lowest BCUT2D eigenvalue weighted by molar-refractivity contribution is -0.138. The van der Waals surface area contributed by atoms with Crippen molar-refractivity contribution in [3.05, 3.63) is 0 Å². The standard InChI is InChI=1S/C12H21NO2/c1-5-10-6-7-13(9(4)14)11(10)12(15)8(2)3/h8,10-11H,5-7H2,1-4H3/t10-,11?/m1/s1. The Kier molecular flexibility index (Phi) is 3.89. The Bertz CT molecular complexity index is 260. The molecule has 86 valence electrons. The molecule has 1 rings (SSSR count). The highest BCUT2D eigenvalue weighted by atomic mass is 16.2. The summed E-state index contributed by atoms with van der Waals surface area (Å²) in [5.41, 5.74) is 0. The first-order chi connectivity index (χ1) is 6.99.